The molecular formula is C19H29N7S. The van der Waals surface area contributed by atoms with Crippen LogP contribution in [-0.2, 0) is 13.0 Å². The van der Waals surface area contributed by atoms with Gasteiger partial charge in [0.05, 0.1) is 12.2 Å². The van der Waals surface area contributed by atoms with Crippen molar-refractivity contribution in [3.05, 3.63) is 35.9 Å². The Hall–Kier alpha value is -2.09. The number of aromatic nitrogens is 4. The van der Waals surface area contributed by atoms with Crippen molar-refractivity contribution in [3.63, 3.8) is 0 Å². The molecule has 0 amide bonds. The van der Waals surface area contributed by atoms with Crippen molar-refractivity contribution in [2.75, 3.05) is 19.8 Å². The Bertz CT molecular complexity index is 723. The second-order valence-electron chi connectivity index (χ2n) is 6.69. The zero-order valence-electron chi connectivity index (χ0n) is 16.2. The van der Waals surface area contributed by atoms with Gasteiger partial charge in [-0.3, -0.25) is 9.98 Å². The summed E-state index contributed by atoms with van der Waals surface area (Å²) >= 11 is 1.69. The van der Waals surface area contributed by atoms with Crippen molar-refractivity contribution in [2.45, 2.75) is 56.3 Å². The van der Waals surface area contributed by atoms with E-state index in [1.807, 2.05) is 18.2 Å². The van der Waals surface area contributed by atoms with E-state index in [1.54, 1.807) is 25.0 Å². The van der Waals surface area contributed by atoms with Crippen molar-refractivity contribution < 1.29 is 0 Å². The van der Waals surface area contributed by atoms with E-state index >= 15 is 0 Å². The lowest BCUT2D eigenvalue weighted by atomic mass is 10.2. The highest BCUT2D eigenvalue weighted by atomic mass is 32.2. The lowest BCUT2D eigenvalue weighted by molar-refractivity contribution is 0.460. The van der Waals surface area contributed by atoms with Crippen LogP contribution in [-0.4, -0.2) is 45.6 Å². The van der Waals surface area contributed by atoms with E-state index in [2.05, 4.69) is 41.6 Å². The maximum absolute atomic E-state index is 4.45. The van der Waals surface area contributed by atoms with Gasteiger partial charge in [-0.25, -0.2) is 0 Å². The molecule has 2 heterocycles. The van der Waals surface area contributed by atoms with Crippen LogP contribution in [0.1, 0.15) is 49.7 Å². The third-order valence-corrected chi connectivity index (χ3v) is 5.51. The van der Waals surface area contributed by atoms with Crippen molar-refractivity contribution in [1.29, 1.82) is 0 Å². The first-order valence-corrected chi connectivity index (χ1v) is 10.9. The number of nitrogens with zero attached hydrogens (tertiary/aromatic N) is 5. The van der Waals surface area contributed by atoms with Crippen molar-refractivity contribution >= 4 is 17.7 Å². The summed E-state index contributed by atoms with van der Waals surface area (Å²) in [7, 11) is 1.79. The van der Waals surface area contributed by atoms with Gasteiger partial charge in [0.25, 0.3) is 0 Å². The van der Waals surface area contributed by atoms with Crippen molar-refractivity contribution in [1.82, 2.24) is 30.4 Å². The van der Waals surface area contributed by atoms with Gasteiger partial charge in [0.2, 0.25) is 0 Å². The Morgan fingerprint density at radius 2 is 2.11 bits per heavy atom. The molecule has 146 valence electrons. The zero-order valence-corrected chi connectivity index (χ0v) is 17.0. The number of thioether (sulfide) groups is 1. The maximum atomic E-state index is 4.45. The molecule has 0 unspecified atom stereocenters. The molecular weight excluding hydrogens is 358 g/mol. The number of hydrogen-bond acceptors (Lipinski definition) is 5. The highest BCUT2D eigenvalue weighted by Gasteiger charge is 2.23. The number of guanidine groups is 1. The van der Waals surface area contributed by atoms with E-state index in [0.29, 0.717) is 12.6 Å². The van der Waals surface area contributed by atoms with Crippen LogP contribution in [0.3, 0.4) is 0 Å². The standard InChI is InChI=1S/C19H29N7S/c1-20-18(23-14-15-8-5-6-12-21-15)22-13-7-11-17-24-25-19(27-2)26(17)16-9-3-4-10-16/h5-6,8,12,16H,3-4,7,9-11,13-14H2,1-2H3,(H2,20,22,23). The van der Waals surface area contributed by atoms with Crippen LogP contribution in [0.5, 0.6) is 0 Å². The summed E-state index contributed by atoms with van der Waals surface area (Å²) in [6.07, 6.45) is 10.9. The highest BCUT2D eigenvalue weighted by molar-refractivity contribution is 7.98. The normalized spacial score (nSPS) is 15.3. The molecule has 0 aliphatic heterocycles. The summed E-state index contributed by atoms with van der Waals surface area (Å²) in [5.74, 6) is 1.91. The van der Waals surface area contributed by atoms with Gasteiger partial charge in [0.15, 0.2) is 11.1 Å². The fraction of sp³-hybridized carbons (Fsp3) is 0.579. The Morgan fingerprint density at radius 1 is 1.26 bits per heavy atom. The largest absolute Gasteiger partial charge is 0.356 e. The van der Waals surface area contributed by atoms with E-state index in [1.165, 1.54) is 25.7 Å². The minimum Gasteiger partial charge on any atom is -0.356 e. The smallest absolute Gasteiger partial charge is 0.191 e. The molecule has 7 nitrogen and oxygen atoms in total. The highest BCUT2D eigenvalue weighted by Crippen LogP contribution is 2.33. The molecule has 0 bridgehead atoms. The molecule has 0 spiro atoms. The van der Waals surface area contributed by atoms with E-state index in [9.17, 15) is 0 Å². The fourth-order valence-electron chi connectivity index (χ4n) is 3.50. The SMILES string of the molecule is CN=C(NCCCc1nnc(SC)n1C1CCCC1)NCc1ccccn1. The summed E-state index contributed by atoms with van der Waals surface area (Å²) in [5, 5.41) is 16.6. The summed E-state index contributed by atoms with van der Waals surface area (Å²) < 4.78 is 2.38. The van der Waals surface area contributed by atoms with Crippen molar-refractivity contribution in [2.24, 2.45) is 4.99 Å². The molecule has 2 aromatic heterocycles. The van der Waals surface area contributed by atoms with Gasteiger partial charge >= 0.3 is 0 Å². The minimum atomic E-state index is 0.582. The monoisotopic (exact) mass is 387 g/mol. The van der Waals surface area contributed by atoms with Gasteiger partial charge in [-0.15, -0.1) is 10.2 Å². The molecule has 1 aliphatic carbocycles. The number of rotatable bonds is 8. The fourth-order valence-corrected chi connectivity index (χ4v) is 4.07. The van der Waals surface area contributed by atoms with Gasteiger partial charge in [-0.2, -0.15) is 0 Å². The zero-order chi connectivity index (χ0) is 18.9. The van der Waals surface area contributed by atoms with E-state index in [0.717, 1.165) is 42.0 Å². The third-order valence-electron chi connectivity index (χ3n) is 4.86. The number of aryl methyl sites for hydroxylation is 1. The lowest BCUT2D eigenvalue weighted by Gasteiger charge is -2.16. The van der Waals surface area contributed by atoms with Gasteiger partial charge in [0.1, 0.15) is 5.82 Å². The molecule has 0 aromatic carbocycles. The summed E-state index contributed by atoms with van der Waals surface area (Å²) in [5.41, 5.74) is 0.995. The first kappa shape index (κ1) is 19.7. The second kappa shape index (κ2) is 10.3. The summed E-state index contributed by atoms with van der Waals surface area (Å²) in [6.45, 7) is 1.50. The average molecular weight is 388 g/mol. The van der Waals surface area contributed by atoms with Gasteiger partial charge in [-0.05, 0) is 37.7 Å². The van der Waals surface area contributed by atoms with Crippen LogP contribution in [0.25, 0.3) is 0 Å². The lowest BCUT2D eigenvalue weighted by Crippen LogP contribution is -2.37. The van der Waals surface area contributed by atoms with Gasteiger partial charge in [0, 0.05) is 32.3 Å². The van der Waals surface area contributed by atoms with Crippen LogP contribution in [0.4, 0.5) is 0 Å². The van der Waals surface area contributed by atoms with Gasteiger partial charge in [-0.1, -0.05) is 30.7 Å². The molecule has 8 heteroatoms. The molecule has 2 aromatic rings. The Kier molecular flexibility index (Phi) is 7.50. The summed E-state index contributed by atoms with van der Waals surface area (Å²) in [6, 6.07) is 6.49. The predicted molar refractivity (Wildman–Crippen MR) is 110 cm³/mol. The predicted octanol–water partition coefficient (Wildman–Crippen LogP) is 2.81. The van der Waals surface area contributed by atoms with Crippen LogP contribution in [0.15, 0.2) is 34.5 Å². The van der Waals surface area contributed by atoms with Crippen LogP contribution in [0, 0.1) is 0 Å². The first-order valence-electron chi connectivity index (χ1n) is 9.64. The van der Waals surface area contributed by atoms with Crippen LogP contribution >= 0.6 is 11.8 Å². The van der Waals surface area contributed by atoms with E-state index < -0.39 is 0 Å². The molecule has 0 radical (unpaired) electrons. The molecule has 0 saturated heterocycles. The number of nitrogens with one attached hydrogen (secondary N) is 2. The van der Waals surface area contributed by atoms with Gasteiger partial charge < -0.3 is 15.2 Å². The third kappa shape index (κ3) is 5.45. The Labute approximate surface area is 165 Å². The molecule has 3 rings (SSSR count). The number of aliphatic imine (C=N–C) groups is 1. The second-order valence-corrected chi connectivity index (χ2v) is 7.46. The summed E-state index contributed by atoms with van der Waals surface area (Å²) in [4.78, 5) is 8.59. The molecule has 0 atom stereocenters. The topological polar surface area (TPSA) is 80.0 Å². The molecule has 2 N–H and O–H groups in total. The van der Waals surface area contributed by atoms with Crippen LogP contribution in [0.2, 0.25) is 0 Å². The van der Waals surface area contributed by atoms with Crippen molar-refractivity contribution in [3.8, 4) is 0 Å². The van der Waals surface area contributed by atoms with Crippen LogP contribution < -0.4 is 10.6 Å². The van der Waals surface area contributed by atoms with E-state index in [-0.39, 0.29) is 0 Å². The number of hydrogen-bond donors (Lipinski definition) is 2. The molecule has 1 aliphatic rings. The molecule has 1 fully saturated rings. The Morgan fingerprint density at radius 3 is 2.81 bits per heavy atom. The van der Waals surface area contributed by atoms with E-state index in [4.69, 9.17) is 0 Å². The minimum absolute atomic E-state index is 0.582. The average Bonchev–Trinajstić information content (AvgIpc) is 3.37. The maximum Gasteiger partial charge on any atom is 0.191 e. The first-order chi connectivity index (χ1) is 13.3. The quantitative estimate of drug-likeness (QED) is 0.314. The molecule has 1 saturated carbocycles. The number of pyridine rings is 1. The Balaban J connectivity index is 1.46. The molecule has 27 heavy (non-hydrogen) atoms.